The van der Waals surface area contributed by atoms with Crippen LogP contribution >= 0.6 is 11.6 Å². The molecule has 0 radical (unpaired) electrons. The lowest BCUT2D eigenvalue weighted by molar-refractivity contribution is -0.145. The van der Waals surface area contributed by atoms with E-state index in [1.54, 1.807) is 30.1 Å². The van der Waals surface area contributed by atoms with Crippen LogP contribution < -0.4 is 4.74 Å². The number of aliphatic carboxylic acids is 1. The van der Waals surface area contributed by atoms with Crippen molar-refractivity contribution < 1.29 is 19.4 Å². The van der Waals surface area contributed by atoms with Crippen LogP contribution in [0, 0.1) is 11.8 Å². The summed E-state index contributed by atoms with van der Waals surface area (Å²) in [7, 11) is 1.73. The molecule has 1 aromatic rings. The van der Waals surface area contributed by atoms with Gasteiger partial charge in [-0.3, -0.25) is 9.59 Å². The second-order valence-corrected chi connectivity index (χ2v) is 6.40. The Morgan fingerprint density at radius 2 is 2.09 bits per heavy atom. The molecule has 0 heterocycles. The van der Waals surface area contributed by atoms with E-state index < -0.39 is 11.9 Å². The highest BCUT2D eigenvalue weighted by Crippen LogP contribution is 2.30. The Labute approximate surface area is 141 Å². The second-order valence-electron chi connectivity index (χ2n) is 5.96. The summed E-state index contributed by atoms with van der Waals surface area (Å²) in [5, 5.41) is 9.72. The predicted molar refractivity (Wildman–Crippen MR) is 87.7 cm³/mol. The van der Waals surface area contributed by atoms with Crippen molar-refractivity contribution in [2.75, 3.05) is 20.2 Å². The Kier molecular flexibility index (Phi) is 6.28. The molecule has 2 unspecified atom stereocenters. The zero-order valence-electron chi connectivity index (χ0n) is 13.2. The number of hydrogen-bond donors (Lipinski definition) is 1. The lowest BCUT2D eigenvalue weighted by atomic mass is 9.81. The van der Waals surface area contributed by atoms with Crippen molar-refractivity contribution in [3.8, 4) is 5.75 Å². The monoisotopic (exact) mass is 339 g/mol. The number of likely N-dealkylation sites (N-methyl/N-ethyl adjacent to an activating group) is 1. The Hall–Kier alpha value is -1.75. The molecule has 2 rings (SSSR count). The maximum atomic E-state index is 12.4. The van der Waals surface area contributed by atoms with Gasteiger partial charge in [0.05, 0.1) is 12.5 Å². The minimum Gasteiger partial charge on any atom is -0.492 e. The number of carboxylic acid groups (broad SMARTS) is 1. The third kappa shape index (κ3) is 5.13. The standard InChI is InChI=1S/C17H22ClNO4/c1-19(8-9-23-15-7-3-6-14(18)11-15)16(20)12-4-2-5-13(10-12)17(21)22/h3,6-7,11-13H,2,4-5,8-10H2,1H3,(H,21,22). The lowest BCUT2D eigenvalue weighted by Crippen LogP contribution is -2.38. The summed E-state index contributed by atoms with van der Waals surface area (Å²) >= 11 is 5.89. The molecule has 0 aromatic heterocycles. The molecule has 6 heteroatoms. The van der Waals surface area contributed by atoms with E-state index in [2.05, 4.69) is 0 Å². The quantitative estimate of drug-likeness (QED) is 0.865. The van der Waals surface area contributed by atoms with Crippen LogP contribution in [0.1, 0.15) is 25.7 Å². The van der Waals surface area contributed by atoms with Gasteiger partial charge in [0.2, 0.25) is 5.91 Å². The fraction of sp³-hybridized carbons (Fsp3) is 0.529. The van der Waals surface area contributed by atoms with Crippen LogP contribution in [-0.4, -0.2) is 42.1 Å². The fourth-order valence-electron chi connectivity index (χ4n) is 2.92. The molecular formula is C17H22ClNO4. The number of carbonyl (C=O) groups excluding carboxylic acids is 1. The summed E-state index contributed by atoms with van der Waals surface area (Å²) in [6.45, 7) is 0.831. The van der Waals surface area contributed by atoms with Gasteiger partial charge in [-0.2, -0.15) is 0 Å². The Balaban J connectivity index is 1.79. The van der Waals surface area contributed by atoms with Crippen LogP contribution in [0.2, 0.25) is 5.02 Å². The number of amides is 1. The number of halogens is 1. The molecule has 0 aliphatic heterocycles. The third-order valence-corrected chi connectivity index (χ3v) is 4.48. The van der Waals surface area contributed by atoms with E-state index >= 15 is 0 Å². The predicted octanol–water partition coefficient (Wildman–Crippen LogP) is 3.07. The summed E-state index contributed by atoms with van der Waals surface area (Å²) < 4.78 is 5.58. The lowest BCUT2D eigenvalue weighted by Gasteiger charge is -2.29. The second kappa shape index (κ2) is 8.20. The molecule has 1 aromatic carbocycles. The van der Waals surface area contributed by atoms with Crippen LogP contribution in [-0.2, 0) is 9.59 Å². The van der Waals surface area contributed by atoms with Crippen molar-refractivity contribution in [1.82, 2.24) is 4.90 Å². The maximum absolute atomic E-state index is 12.4. The summed E-state index contributed by atoms with van der Waals surface area (Å²) in [6.07, 6.45) is 2.66. The molecule has 0 bridgehead atoms. The van der Waals surface area contributed by atoms with E-state index in [4.69, 9.17) is 21.4 Å². The van der Waals surface area contributed by atoms with Gasteiger partial charge in [0.15, 0.2) is 0 Å². The number of nitrogens with zero attached hydrogens (tertiary/aromatic N) is 1. The van der Waals surface area contributed by atoms with Gasteiger partial charge in [0.1, 0.15) is 12.4 Å². The molecular weight excluding hydrogens is 318 g/mol. The third-order valence-electron chi connectivity index (χ3n) is 4.24. The molecule has 2 atom stereocenters. The van der Waals surface area contributed by atoms with Crippen molar-refractivity contribution >= 4 is 23.5 Å². The highest BCUT2D eigenvalue weighted by Gasteiger charge is 2.32. The van der Waals surface area contributed by atoms with Crippen molar-refractivity contribution in [3.05, 3.63) is 29.3 Å². The summed E-state index contributed by atoms with van der Waals surface area (Å²) in [6, 6.07) is 7.11. The van der Waals surface area contributed by atoms with Gasteiger partial charge in [0.25, 0.3) is 0 Å². The molecule has 1 aliphatic carbocycles. The number of ether oxygens (including phenoxy) is 1. The summed E-state index contributed by atoms with van der Waals surface area (Å²) in [5.41, 5.74) is 0. The van der Waals surface area contributed by atoms with E-state index in [0.717, 1.165) is 12.8 Å². The minimum atomic E-state index is -0.797. The highest BCUT2D eigenvalue weighted by atomic mass is 35.5. The SMILES string of the molecule is CN(CCOc1cccc(Cl)c1)C(=O)C1CCCC(C(=O)O)C1. The number of carboxylic acids is 1. The smallest absolute Gasteiger partial charge is 0.306 e. The number of carbonyl (C=O) groups is 2. The van der Waals surface area contributed by atoms with E-state index in [1.165, 1.54) is 0 Å². The summed E-state index contributed by atoms with van der Waals surface area (Å²) in [5.74, 6) is -0.711. The first kappa shape index (κ1) is 17.6. The Morgan fingerprint density at radius 1 is 1.35 bits per heavy atom. The first-order valence-corrected chi connectivity index (χ1v) is 8.21. The molecule has 126 valence electrons. The normalized spacial score (nSPS) is 20.8. The fourth-order valence-corrected chi connectivity index (χ4v) is 3.10. The van der Waals surface area contributed by atoms with Crippen molar-refractivity contribution in [1.29, 1.82) is 0 Å². The van der Waals surface area contributed by atoms with Crippen LogP contribution in [0.4, 0.5) is 0 Å². The number of hydrogen-bond acceptors (Lipinski definition) is 3. The van der Waals surface area contributed by atoms with Gasteiger partial charge in [-0.15, -0.1) is 0 Å². The Morgan fingerprint density at radius 3 is 2.78 bits per heavy atom. The Bertz CT molecular complexity index is 563. The topological polar surface area (TPSA) is 66.8 Å². The first-order valence-electron chi connectivity index (χ1n) is 7.83. The van der Waals surface area contributed by atoms with E-state index in [0.29, 0.717) is 36.8 Å². The van der Waals surface area contributed by atoms with Gasteiger partial charge >= 0.3 is 5.97 Å². The average molecular weight is 340 g/mol. The van der Waals surface area contributed by atoms with Crippen LogP contribution in [0.15, 0.2) is 24.3 Å². The molecule has 23 heavy (non-hydrogen) atoms. The molecule has 1 fully saturated rings. The van der Waals surface area contributed by atoms with Crippen molar-refractivity contribution in [2.24, 2.45) is 11.8 Å². The molecule has 1 saturated carbocycles. The van der Waals surface area contributed by atoms with Crippen molar-refractivity contribution in [2.45, 2.75) is 25.7 Å². The zero-order valence-corrected chi connectivity index (χ0v) is 14.0. The summed E-state index contributed by atoms with van der Waals surface area (Å²) in [4.78, 5) is 25.1. The molecule has 0 saturated heterocycles. The van der Waals surface area contributed by atoms with Crippen LogP contribution in [0.3, 0.4) is 0 Å². The number of benzene rings is 1. The van der Waals surface area contributed by atoms with E-state index in [-0.39, 0.29) is 11.8 Å². The first-order chi connectivity index (χ1) is 11.0. The van der Waals surface area contributed by atoms with Crippen LogP contribution in [0.5, 0.6) is 5.75 Å². The highest BCUT2D eigenvalue weighted by molar-refractivity contribution is 6.30. The van der Waals surface area contributed by atoms with Gasteiger partial charge < -0.3 is 14.7 Å². The zero-order chi connectivity index (χ0) is 16.8. The molecule has 1 aliphatic rings. The molecule has 1 amide bonds. The number of rotatable bonds is 6. The van der Waals surface area contributed by atoms with Crippen LogP contribution in [0.25, 0.3) is 0 Å². The maximum Gasteiger partial charge on any atom is 0.306 e. The van der Waals surface area contributed by atoms with E-state index in [1.807, 2.05) is 6.07 Å². The molecule has 1 N–H and O–H groups in total. The average Bonchev–Trinajstić information content (AvgIpc) is 2.54. The largest absolute Gasteiger partial charge is 0.492 e. The van der Waals surface area contributed by atoms with Gasteiger partial charge in [-0.05, 0) is 37.5 Å². The van der Waals surface area contributed by atoms with Gasteiger partial charge in [0, 0.05) is 18.0 Å². The molecule has 5 nitrogen and oxygen atoms in total. The van der Waals surface area contributed by atoms with E-state index in [9.17, 15) is 9.59 Å². The van der Waals surface area contributed by atoms with Gasteiger partial charge in [-0.1, -0.05) is 24.1 Å². The van der Waals surface area contributed by atoms with Gasteiger partial charge in [-0.25, -0.2) is 0 Å². The van der Waals surface area contributed by atoms with Crippen molar-refractivity contribution in [3.63, 3.8) is 0 Å². The molecule has 0 spiro atoms. The minimum absolute atomic E-state index is 0.00523.